The van der Waals surface area contributed by atoms with E-state index in [1.54, 1.807) is 35.2 Å². The highest BCUT2D eigenvalue weighted by molar-refractivity contribution is 7.93. The third-order valence-electron chi connectivity index (χ3n) is 6.77. The van der Waals surface area contributed by atoms with Crippen molar-refractivity contribution in [1.29, 1.82) is 0 Å². The van der Waals surface area contributed by atoms with Gasteiger partial charge >= 0.3 is 0 Å². The molecule has 0 atom stereocenters. The lowest BCUT2D eigenvalue weighted by molar-refractivity contribution is -0.131. The van der Waals surface area contributed by atoms with E-state index in [4.69, 9.17) is 4.74 Å². The van der Waals surface area contributed by atoms with Gasteiger partial charge in [-0.05, 0) is 54.3 Å². The lowest BCUT2D eigenvalue weighted by Crippen LogP contribution is -2.51. The molecule has 0 aliphatic carbocycles. The Hall–Kier alpha value is -3.36. The number of carbonyl (C=O) groups is 1. The molecule has 0 N–H and O–H groups in total. The molecule has 0 unspecified atom stereocenters. The molecule has 1 aliphatic heterocycles. The number of rotatable bonds is 9. The van der Waals surface area contributed by atoms with E-state index >= 15 is 0 Å². The highest BCUT2D eigenvalue weighted by Gasteiger charge is 2.32. The topological polar surface area (TPSA) is 70.2 Å². The van der Waals surface area contributed by atoms with Gasteiger partial charge < -0.3 is 9.64 Å². The Bertz CT molecular complexity index is 1300. The lowest BCUT2D eigenvalue weighted by atomic mass is 10.1. The van der Waals surface area contributed by atoms with E-state index in [9.17, 15) is 13.2 Å². The molecule has 0 saturated carbocycles. The Morgan fingerprint density at radius 1 is 0.919 bits per heavy atom. The number of anilines is 1. The van der Waals surface area contributed by atoms with Gasteiger partial charge in [0.05, 0.1) is 12.8 Å². The molecule has 7 nitrogen and oxygen atoms in total. The summed E-state index contributed by atoms with van der Waals surface area (Å²) in [6.07, 6.45) is 0.838. The summed E-state index contributed by atoms with van der Waals surface area (Å²) >= 11 is 0. The molecule has 1 saturated heterocycles. The van der Waals surface area contributed by atoms with Crippen LogP contribution < -0.4 is 9.04 Å². The summed E-state index contributed by atoms with van der Waals surface area (Å²) in [4.78, 5) is 17.6. The van der Waals surface area contributed by atoms with Gasteiger partial charge in [0.25, 0.3) is 10.0 Å². The average Bonchev–Trinajstić information content (AvgIpc) is 2.92. The summed E-state index contributed by atoms with van der Waals surface area (Å²) in [5.41, 5.74) is 3.58. The number of benzene rings is 3. The number of sulfonamides is 1. The molecule has 0 bridgehead atoms. The molecule has 0 spiro atoms. The Labute approximate surface area is 220 Å². The van der Waals surface area contributed by atoms with Crippen molar-refractivity contribution in [3.63, 3.8) is 0 Å². The van der Waals surface area contributed by atoms with Crippen LogP contribution in [0.5, 0.6) is 5.75 Å². The zero-order chi connectivity index (χ0) is 26.4. The maximum atomic E-state index is 14.0. The van der Waals surface area contributed by atoms with Crippen molar-refractivity contribution in [3.8, 4) is 5.75 Å². The van der Waals surface area contributed by atoms with Gasteiger partial charge in [-0.1, -0.05) is 55.5 Å². The quantitative estimate of drug-likeness (QED) is 0.424. The molecule has 3 aromatic rings. The monoisotopic (exact) mass is 521 g/mol. The van der Waals surface area contributed by atoms with E-state index in [0.29, 0.717) is 18.8 Å². The van der Waals surface area contributed by atoms with E-state index in [1.165, 1.54) is 17.0 Å². The van der Waals surface area contributed by atoms with E-state index < -0.39 is 10.0 Å². The molecule has 3 aromatic carbocycles. The number of piperazine rings is 1. The minimum Gasteiger partial charge on any atom is -0.495 e. The highest BCUT2D eigenvalue weighted by Crippen LogP contribution is 2.31. The van der Waals surface area contributed by atoms with E-state index in [2.05, 4.69) is 17.0 Å². The average molecular weight is 522 g/mol. The third-order valence-corrected chi connectivity index (χ3v) is 8.57. The van der Waals surface area contributed by atoms with Crippen LogP contribution >= 0.6 is 0 Å². The van der Waals surface area contributed by atoms with E-state index in [-0.39, 0.29) is 23.1 Å². The molecule has 4 rings (SSSR count). The SMILES string of the molecule is CCc1ccc(N(CC(=O)N2CCN(Cc3ccccc3)CC2)S(=O)(=O)c2cc(C)ccc2OC)cc1. The standard InChI is InChI=1S/C29H35N3O4S/c1-4-24-11-13-26(14-12-24)32(37(34,35)28-20-23(2)10-15-27(28)36-3)22-29(33)31-18-16-30(17-19-31)21-25-8-6-5-7-9-25/h5-15,20H,4,16-19,21-22H2,1-3H3. The first-order valence-corrected chi connectivity index (χ1v) is 14.1. The van der Waals surface area contributed by atoms with Gasteiger partial charge in [-0.3, -0.25) is 14.0 Å². The fourth-order valence-corrected chi connectivity index (χ4v) is 6.19. The number of amides is 1. The van der Waals surface area contributed by atoms with Crippen molar-refractivity contribution in [3.05, 3.63) is 89.5 Å². The van der Waals surface area contributed by atoms with Gasteiger partial charge in [-0.2, -0.15) is 0 Å². The summed E-state index contributed by atoms with van der Waals surface area (Å²) in [6.45, 7) is 7.03. The number of nitrogens with zero attached hydrogens (tertiary/aromatic N) is 3. The van der Waals surface area contributed by atoms with Gasteiger partial charge in [0, 0.05) is 32.7 Å². The van der Waals surface area contributed by atoms with Crippen LogP contribution in [0.1, 0.15) is 23.6 Å². The summed E-state index contributed by atoms with van der Waals surface area (Å²) < 4.78 is 34.5. The molecular weight excluding hydrogens is 486 g/mol. The van der Waals surface area contributed by atoms with E-state index in [0.717, 1.165) is 37.2 Å². The number of carbonyl (C=O) groups excluding carboxylic acids is 1. The van der Waals surface area contributed by atoms with Crippen molar-refractivity contribution < 1.29 is 17.9 Å². The first kappa shape index (κ1) is 26.7. The smallest absolute Gasteiger partial charge is 0.268 e. The first-order valence-electron chi connectivity index (χ1n) is 12.6. The van der Waals surface area contributed by atoms with Crippen LogP contribution in [0.2, 0.25) is 0 Å². The Kier molecular flexibility index (Phi) is 8.51. The number of hydrogen-bond acceptors (Lipinski definition) is 5. The van der Waals surface area contributed by atoms with E-state index in [1.807, 2.05) is 44.2 Å². The van der Waals surface area contributed by atoms with Crippen molar-refractivity contribution in [2.24, 2.45) is 0 Å². The molecule has 0 aromatic heterocycles. The Morgan fingerprint density at radius 3 is 2.22 bits per heavy atom. The number of ether oxygens (including phenoxy) is 1. The maximum Gasteiger partial charge on any atom is 0.268 e. The van der Waals surface area contributed by atoms with Crippen LogP contribution in [0, 0.1) is 6.92 Å². The zero-order valence-corrected chi connectivity index (χ0v) is 22.6. The highest BCUT2D eigenvalue weighted by atomic mass is 32.2. The van der Waals surface area contributed by atoms with Gasteiger partial charge in [0.1, 0.15) is 17.2 Å². The van der Waals surface area contributed by atoms with Crippen molar-refractivity contribution in [2.45, 2.75) is 31.7 Å². The summed E-state index contributed by atoms with van der Waals surface area (Å²) in [7, 11) is -2.63. The van der Waals surface area contributed by atoms with Crippen LogP contribution in [-0.4, -0.2) is 64.0 Å². The summed E-state index contributed by atoms with van der Waals surface area (Å²) in [5, 5.41) is 0. The second kappa shape index (κ2) is 11.8. The van der Waals surface area contributed by atoms with Crippen LogP contribution in [0.3, 0.4) is 0 Å². The largest absolute Gasteiger partial charge is 0.495 e. The summed E-state index contributed by atoms with van der Waals surface area (Å²) in [6, 6.07) is 22.6. The number of hydrogen-bond donors (Lipinski definition) is 0. The van der Waals surface area contributed by atoms with Gasteiger partial charge in [0.2, 0.25) is 5.91 Å². The van der Waals surface area contributed by atoms with Crippen molar-refractivity contribution in [1.82, 2.24) is 9.80 Å². The normalized spacial score (nSPS) is 14.4. The minimum absolute atomic E-state index is 0.0510. The van der Waals surface area contributed by atoms with Crippen molar-refractivity contribution >= 4 is 21.6 Å². The fourth-order valence-electron chi connectivity index (χ4n) is 4.54. The molecule has 1 fully saturated rings. The van der Waals surface area contributed by atoms with Crippen LogP contribution in [-0.2, 0) is 27.8 Å². The Morgan fingerprint density at radius 2 is 1.59 bits per heavy atom. The molecular formula is C29H35N3O4S. The molecule has 8 heteroatoms. The molecule has 37 heavy (non-hydrogen) atoms. The van der Waals surface area contributed by atoms with Gasteiger partial charge in [-0.25, -0.2) is 8.42 Å². The second-order valence-corrected chi connectivity index (χ2v) is 11.2. The molecule has 1 heterocycles. The molecule has 1 amide bonds. The summed E-state index contributed by atoms with van der Waals surface area (Å²) in [5.74, 6) is 0.0388. The zero-order valence-electron chi connectivity index (χ0n) is 21.8. The Balaban J connectivity index is 1.55. The molecule has 196 valence electrons. The minimum atomic E-state index is -4.07. The fraction of sp³-hybridized carbons (Fsp3) is 0.345. The van der Waals surface area contributed by atoms with Gasteiger partial charge in [-0.15, -0.1) is 0 Å². The predicted octanol–water partition coefficient (Wildman–Crippen LogP) is 4.11. The number of methoxy groups -OCH3 is 1. The predicted molar refractivity (Wildman–Crippen MR) is 146 cm³/mol. The third kappa shape index (κ3) is 6.32. The molecule has 1 aliphatic rings. The lowest BCUT2D eigenvalue weighted by Gasteiger charge is -2.36. The molecule has 0 radical (unpaired) electrons. The second-order valence-electron chi connectivity index (χ2n) is 9.33. The first-order chi connectivity index (χ1) is 17.8. The van der Waals surface area contributed by atoms with Crippen LogP contribution in [0.4, 0.5) is 5.69 Å². The maximum absolute atomic E-state index is 14.0. The van der Waals surface area contributed by atoms with Crippen molar-refractivity contribution in [2.75, 3.05) is 44.1 Å². The number of aryl methyl sites for hydroxylation is 2. The van der Waals surface area contributed by atoms with Crippen LogP contribution in [0.25, 0.3) is 0 Å². The van der Waals surface area contributed by atoms with Gasteiger partial charge in [0.15, 0.2) is 0 Å². The van der Waals surface area contributed by atoms with Crippen LogP contribution in [0.15, 0.2) is 77.7 Å².